The Morgan fingerprint density at radius 1 is 1.40 bits per heavy atom. The van der Waals surface area contributed by atoms with Crippen LogP contribution in [0.25, 0.3) is 0 Å². The molecular weight excluding hydrogens is 264 g/mol. The van der Waals surface area contributed by atoms with Crippen LogP contribution < -0.4 is 9.47 Å². The summed E-state index contributed by atoms with van der Waals surface area (Å²) in [6.07, 6.45) is 0.0469. The van der Waals surface area contributed by atoms with Crippen LogP contribution in [0.5, 0.6) is 11.5 Å². The molecule has 0 spiro atoms. The molecule has 1 N–H and O–H groups in total. The van der Waals surface area contributed by atoms with Crippen molar-refractivity contribution in [3.8, 4) is 11.5 Å². The number of ether oxygens (including phenoxy) is 2. The Bertz CT molecular complexity index is 547. The van der Waals surface area contributed by atoms with E-state index < -0.39 is 18.4 Å². The molecule has 0 heterocycles. The van der Waals surface area contributed by atoms with Crippen molar-refractivity contribution in [2.75, 3.05) is 6.61 Å². The summed E-state index contributed by atoms with van der Waals surface area (Å²) < 4.78 is 10.3. The fourth-order valence-corrected chi connectivity index (χ4v) is 1.40. The average Bonchev–Trinajstić information content (AvgIpc) is 2.40. The summed E-state index contributed by atoms with van der Waals surface area (Å²) in [6, 6.07) is 4.59. The summed E-state index contributed by atoms with van der Waals surface area (Å²) >= 11 is 0. The standard InChI is InChI=1S/C14H14O6/c1-3-19-11-6-4-5-10(8-15)13(11)20-12(16)7-9(2)14(17)18/h4-6,8H,2-3,7H2,1H3,(H,17,18). The molecule has 0 atom stereocenters. The molecule has 1 aromatic carbocycles. The third kappa shape index (κ3) is 3.94. The van der Waals surface area contributed by atoms with Gasteiger partial charge in [-0.2, -0.15) is 0 Å². The highest BCUT2D eigenvalue weighted by molar-refractivity contribution is 5.93. The first-order valence-electron chi connectivity index (χ1n) is 5.82. The number of carboxylic acid groups (broad SMARTS) is 1. The third-order valence-corrected chi connectivity index (χ3v) is 2.31. The van der Waals surface area contributed by atoms with Gasteiger partial charge in [-0.3, -0.25) is 9.59 Å². The van der Waals surface area contributed by atoms with Gasteiger partial charge in [0.25, 0.3) is 0 Å². The minimum Gasteiger partial charge on any atom is -0.490 e. The molecule has 0 amide bonds. The predicted molar refractivity (Wildman–Crippen MR) is 70.0 cm³/mol. The first kappa shape index (κ1) is 15.4. The second-order valence-electron chi connectivity index (χ2n) is 3.78. The number of carbonyl (C=O) groups excluding carboxylic acids is 2. The summed E-state index contributed by atoms with van der Waals surface area (Å²) in [6.45, 7) is 5.31. The second kappa shape index (κ2) is 7.08. The lowest BCUT2D eigenvalue weighted by molar-refractivity contribution is -0.138. The van der Waals surface area contributed by atoms with Crippen LogP contribution in [0.4, 0.5) is 0 Å². The molecule has 20 heavy (non-hydrogen) atoms. The van der Waals surface area contributed by atoms with Gasteiger partial charge in [0.2, 0.25) is 0 Å². The highest BCUT2D eigenvalue weighted by Gasteiger charge is 2.17. The lowest BCUT2D eigenvalue weighted by Crippen LogP contribution is -2.14. The molecule has 106 valence electrons. The SMILES string of the molecule is C=C(CC(=O)Oc1c(C=O)cccc1OCC)C(=O)O. The molecule has 0 aliphatic rings. The lowest BCUT2D eigenvalue weighted by Gasteiger charge is -2.12. The van der Waals surface area contributed by atoms with E-state index in [1.807, 2.05) is 0 Å². The second-order valence-corrected chi connectivity index (χ2v) is 3.78. The van der Waals surface area contributed by atoms with Crippen molar-refractivity contribution < 1.29 is 29.0 Å². The van der Waals surface area contributed by atoms with E-state index in [1.165, 1.54) is 6.07 Å². The Morgan fingerprint density at radius 2 is 2.10 bits per heavy atom. The van der Waals surface area contributed by atoms with E-state index in [4.69, 9.17) is 14.6 Å². The molecular formula is C14H14O6. The molecule has 6 heteroatoms. The summed E-state index contributed by atoms with van der Waals surface area (Å²) in [5.41, 5.74) is -0.151. The number of hydrogen-bond acceptors (Lipinski definition) is 5. The number of rotatable bonds is 7. The zero-order chi connectivity index (χ0) is 15.1. The predicted octanol–water partition coefficient (Wildman–Crippen LogP) is 1.83. The van der Waals surface area contributed by atoms with Crippen LogP contribution in [0.2, 0.25) is 0 Å². The van der Waals surface area contributed by atoms with Gasteiger partial charge in [-0.25, -0.2) is 4.79 Å². The van der Waals surface area contributed by atoms with E-state index in [2.05, 4.69) is 6.58 Å². The van der Waals surface area contributed by atoms with Crippen molar-refractivity contribution in [2.45, 2.75) is 13.3 Å². The fourth-order valence-electron chi connectivity index (χ4n) is 1.40. The van der Waals surface area contributed by atoms with Crippen molar-refractivity contribution in [2.24, 2.45) is 0 Å². The highest BCUT2D eigenvalue weighted by atomic mass is 16.6. The monoisotopic (exact) mass is 278 g/mol. The molecule has 0 aromatic heterocycles. The van der Waals surface area contributed by atoms with Gasteiger partial charge in [-0.15, -0.1) is 0 Å². The van der Waals surface area contributed by atoms with E-state index in [1.54, 1.807) is 19.1 Å². The number of carbonyl (C=O) groups is 3. The molecule has 1 rings (SSSR count). The lowest BCUT2D eigenvalue weighted by atomic mass is 10.2. The van der Waals surface area contributed by atoms with Gasteiger partial charge in [0.15, 0.2) is 17.8 Å². The Labute approximate surface area is 115 Å². The van der Waals surface area contributed by atoms with E-state index in [9.17, 15) is 14.4 Å². The van der Waals surface area contributed by atoms with Crippen molar-refractivity contribution in [1.29, 1.82) is 0 Å². The molecule has 0 radical (unpaired) electrons. The van der Waals surface area contributed by atoms with E-state index in [-0.39, 0.29) is 22.6 Å². The maximum absolute atomic E-state index is 11.6. The van der Waals surface area contributed by atoms with Gasteiger partial charge in [-0.05, 0) is 19.1 Å². The largest absolute Gasteiger partial charge is 0.490 e. The Balaban J connectivity index is 2.95. The molecule has 0 aliphatic heterocycles. The number of hydrogen-bond donors (Lipinski definition) is 1. The van der Waals surface area contributed by atoms with Crippen LogP contribution in [0.3, 0.4) is 0 Å². The van der Waals surface area contributed by atoms with Crippen molar-refractivity contribution >= 4 is 18.2 Å². The fraction of sp³-hybridized carbons (Fsp3) is 0.214. The molecule has 6 nitrogen and oxygen atoms in total. The van der Waals surface area contributed by atoms with Crippen LogP contribution in [-0.4, -0.2) is 29.9 Å². The Kier molecular flexibility index (Phi) is 5.46. The van der Waals surface area contributed by atoms with Gasteiger partial charge in [-0.1, -0.05) is 12.6 Å². The number of aldehydes is 1. The minimum atomic E-state index is -1.28. The normalized spacial score (nSPS) is 9.65. The summed E-state index contributed by atoms with van der Waals surface area (Å²) in [4.78, 5) is 33.2. The van der Waals surface area contributed by atoms with Gasteiger partial charge >= 0.3 is 11.9 Å². The molecule has 0 saturated carbocycles. The van der Waals surface area contributed by atoms with Gasteiger partial charge in [0.1, 0.15) is 0 Å². The summed E-state index contributed by atoms with van der Waals surface area (Å²) in [5, 5.41) is 8.65. The number of carboxylic acids is 1. The molecule has 0 aliphatic carbocycles. The molecule has 0 fully saturated rings. The number of aliphatic carboxylic acids is 1. The molecule has 1 aromatic rings. The zero-order valence-electron chi connectivity index (χ0n) is 10.9. The van der Waals surface area contributed by atoms with Crippen molar-refractivity contribution in [3.63, 3.8) is 0 Å². The van der Waals surface area contributed by atoms with Crippen LogP contribution in [0.15, 0.2) is 30.4 Å². The zero-order valence-corrected chi connectivity index (χ0v) is 10.9. The van der Waals surface area contributed by atoms with Crippen LogP contribution in [-0.2, 0) is 9.59 Å². The number of esters is 1. The van der Waals surface area contributed by atoms with E-state index in [0.717, 1.165) is 0 Å². The summed E-state index contributed by atoms with van der Waals surface area (Å²) in [7, 11) is 0. The first-order valence-corrected chi connectivity index (χ1v) is 5.82. The smallest absolute Gasteiger partial charge is 0.331 e. The van der Waals surface area contributed by atoms with Crippen molar-refractivity contribution in [1.82, 2.24) is 0 Å². The van der Waals surface area contributed by atoms with E-state index >= 15 is 0 Å². The third-order valence-electron chi connectivity index (χ3n) is 2.31. The maximum atomic E-state index is 11.6. The van der Waals surface area contributed by atoms with E-state index in [0.29, 0.717) is 12.9 Å². The van der Waals surface area contributed by atoms with Crippen LogP contribution in [0, 0.1) is 0 Å². The van der Waals surface area contributed by atoms with Gasteiger partial charge in [0.05, 0.1) is 18.6 Å². The summed E-state index contributed by atoms with van der Waals surface area (Å²) in [5.74, 6) is -1.89. The molecule has 0 saturated heterocycles. The topological polar surface area (TPSA) is 89.9 Å². The quantitative estimate of drug-likeness (QED) is 0.354. The van der Waals surface area contributed by atoms with Crippen LogP contribution >= 0.6 is 0 Å². The molecule has 0 unspecified atom stereocenters. The highest BCUT2D eigenvalue weighted by Crippen LogP contribution is 2.30. The number of benzene rings is 1. The molecule has 0 bridgehead atoms. The van der Waals surface area contributed by atoms with Crippen LogP contribution in [0.1, 0.15) is 23.7 Å². The average molecular weight is 278 g/mol. The Morgan fingerprint density at radius 3 is 2.65 bits per heavy atom. The number of para-hydroxylation sites is 1. The van der Waals surface area contributed by atoms with Gasteiger partial charge in [0, 0.05) is 5.57 Å². The Hall–Kier alpha value is -2.63. The maximum Gasteiger partial charge on any atom is 0.331 e. The first-order chi connectivity index (χ1) is 9.49. The van der Waals surface area contributed by atoms with Crippen molar-refractivity contribution in [3.05, 3.63) is 35.9 Å². The minimum absolute atomic E-state index is 0.0208. The van der Waals surface area contributed by atoms with Gasteiger partial charge < -0.3 is 14.6 Å².